The molecule has 3 aromatic carbocycles. The monoisotopic (exact) mass is 588 g/mol. The molecule has 0 aliphatic carbocycles. The highest BCUT2D eigenvalue weighted by atomic mass is 35.5. The van der Waals surface area contributed by atoms with Crippen molar-refractivity contribution >= 4 is 62.6 Å². The molecule has 1 heterocycles. The van der Waals surface area contributed by atoms with Crippen LogP contribution in [-0.2, 0) is 14.8 Å². The zero-order valence-corrected chi connectivity index (χ0v) is 23.5. The third kappa shape index (κ3) is 6.05. The molecule has 1 amide bonds. The maximum Gasteiger partial charge on any atom is 0.264 e. The largest absolute Gasteiger partial charge is 0.316 e. The summed E-state index contributed by atoms with van der Waals surface area (Å²) < 4.78 is 29.7. The fourth-order valence-corrected chi connectivity index (χ4v) is 5.99. The average Bonchev–Trinajstić information content (AvgIpc) is 3.16. The second-order valence-electron chi connectivity index (χ2n) is 8.35. The van der Waals surface area contributed by atoms with Crippen molar-refractivity contribution in [3.63, 3.8) is 0 Å². The zero-order chi connectivity index (χ0) is 27.4. The topological polar surface area (TPSA) is 83.8 Å². The molecule has 4 rings (SSSR count). The summed E-state index contributed by atoms with van der Waals surface area (Å²) in [5.41, 5.74) is 5.98. The standard InChI is InChI=1S/C27H23Cl3N4O3S/c1-18-14-20(19(2)34(18)26-13-10-22(29)15-25(26)30)16-31-32-27(35)17-33(23-11-8-21(28)9-12-23)38(36,37)24-6-4-3-5-7-24/h3-16H,17H2,1-2H3,(H,32,35)/b31-16-. The number of rotatable bonds is 8. The highest BCUT2D eigenvalue weighted by Crippen LogP contribution is 2.29. The predicted octanol–water partition coefficient (Wildman–Crippen LogP) is 6.40. The molecule has 1 aromatic heterocycles. The summed E-state index contributed by atoms with van der Waals surface area (Å²) in [5, 5.41) is 5.54. The van der Waals surface area contributed by atoms with Crippen LogP contribution in [0.25, 0.3) is 5.69 Å². The molecule has 7 nitrogen and oxygen atoms in total. The van der Waals surface area contributed by atoms with Crippen LogP contribution < -0.4 is 9.73 Å². The van der Waals surface area contributed by atoms with E-state index in [0.717, 1.165) is 26.9 Å². The third-order valence-electron chi connectivity index (χ3n) is 5.75. The molecular formula is C27H23Cl3N4O3S. The Balaban J connectivity index is 1.55. The van der Waals surface area contributed by atoms with E-state index in [9.17, 15) is 13.2 Å². The Morgan fingerprint density at radius 1 is 0.947 bits per heavy atom. The number of nitrogens with zero attached hydrogens (tertiary/aromatic N) is 3. The first-order chi connectivity index (χ1) is 18.1. The fourth-order valence-electron chi connectivity index (χ4n) is 3.93. The van der Waals surface area contributed by atoms with Crippen molar-refractivity contribution in [1.29, 1.82) is 0 Å². The van der Waals surface area contributed by atoms with Gasteiger partial charge in [-0.05, 0) is 74.5 Å². The number of sulfonamides is 1. The minimum Gasteiger partial charge on any atom is -0.316 e. The molecule has 1 N–H and O–H groups in total. The first-order valence-corrected chi connectivity index (χ1v) is 13.9. The normalized spacial score (nSPS) is 11.6. The van der Waals surface area contributed by atoms with Gasteiger partial charge >= 0.3 is 0 Å². The smallest absolute Gasteiger partial charge is 0.264 e. The van der Waals surface area contributed by atoms with Crippen LogP contribution >= 0.6 is 34.8 Å². The van der Waals surface area contributed by atoms with E-state index < -0.39 is 22.5 Å². The van der Waals surface area contributed by atoms with Crippen molar-refractivity contribution < 1.29 is 13.2 Å². The maximum absolute atomic E-state index is 13.4. The van der Waals surface area contributed by atoms with Gasteiger partial charge in [0.1, 0.15) is 6.54 Å². The minimum atomic E-state index is -4.03. The van der Waals surface area contributed by atoms with Crippen molar-refractivity contribution in [3.8, 4) is 5.69 Å². The molecule has 0 fully saturated rings. The van der Waals surface area contributed by atoms with E-state index in [0.29, 0.717) is 20.8 Å². The Kier molecular flexibility index (Phi) is 8.47. The van der Waals surface area contributed by atoms with Gasteiger partial charge in [-0.2, -0.15) is 5.10 Å². The number of carbonyl (C=O) groups is 1. The van der Waals surface area contributed by atoms with Crippen LogP contribution in [0.2, 0.25) is 15.1 Å². The van der Waals surface area contributed by atoms with Gasteiger partial charge < -0.3 is 4.57 Å². The number of carbonyl (C=O) groups excluding carboxylic acids is 1. The molecule has 0 aliphatic heterocycles. The van der Waals surface area contributed by atoms with Crippen LogP contribution in [0.1, 0.15) is 17.0 Å². The fraction of sp³-hybridized carbons (Fsp3) is 0.111. The Bertz CT molecular complexity index is 1600. The van der Waals surface area contributed by atoms with E-state index in [1.807, 2.05) is 30.5 Å². The van der Waals surface area contributed by atoms with Crippen molar-refractivity contribution in [1.82, 2.24) is 9.99 Å². The molecule has 0 bridgehead atoms. The number of benzene rings is 3. The molecule has 38 heavy (non-hydrogen) atoms. The van der Waals surface area contributed by atoms with Crippen LogP contribution in [0, 0.1) is 13.8 Å². The number of anilines is 1. The Morgan fingerprint density at radius 2 is 1.61 bits per heavy atom. The number of hydrazone groups is 1. The van der Waals surface area contributed by atoms with Gasteiger partial charge in [0.25, 0.3) is 15.9 Å². The molecule has 11 heteroatoms. The summed E-state index contributed by atoms with van der Waals surface area (Å²) in [4.78, 5) is 12.9. The number of aryl methyl sites for hydroxylation is 1. The molecule has 0 aliphatic rings. The first kappa shape index (κ1) is 27.7. The number of halogens is 3. The van der Waals surface area contributed by atoms with E-state index in [2.05, 4.69) is 10.5 Å². The molecule has 0 saturated carbocycles. The Morgan fingerprint density at radius 3 is 2.26 bits per heavy atom. The maximum atomic E-state index is 13.4. The number of hydrogen-bond donors (Lipinski definition) is 1. The quantitative estimate of drug-likeness (QED) is 0.191. The van der Waals surface area contributed by atoms with E-state index >= 15 is 0 Å². The summed E-state index contributed by atoms with van der Waals surface area (Å²) in [6.45, 7) is 3.33. The van der Waals surface area contributed by atoms with Gasteiger partial charge in [0.05, 0.1) is 27.5 Å². The zero-order valence-electron chi connectivity index (χ0n) is 20.4. The molecule has 0 atom stereocenters. The van der Waals surface area contributed by atoms with Crippen LogP contribution in [-0.4, -0.2) is 31.7 Å². The molecule has 0 spiro atoms. The van der Waals surface area contributed by atoms with Gasteiger partial charge in [-0.1, -0.05) is 53.0 Å². The summed E-state index contributed by atoms with van der Waals surface area (Å²) in [6.07, 6.45) is 1.50. The van der Waals surface area contributed by atoms with E-state index in [4.69, 9.17) is 34.8 Å². The van der Waals surface area contributed by atoms with Gasteiger partial charge in [0.2, 0.25) is 0 Å². The van der Waals surface area contributed by atoms with Crippen molar-refractivity contribution in [2.45, 2.75) is 18.7 Å². The highest BCUT2D eigenvalue weighted by Gasteiger charge is 2.27. The summed E-state index contributed by atoms with van der Waals surface area (Å²) in [5.74, 6) is -0.620. The first-order valence-electron chi connectivity index (χ1n) is 11.4. The lowest BCUT2D eigenvalue weighted by Gasteiger charge is -2.23. The van der Waals surface area contributed by atoms with Crippen LogP contribution in [0.4, 0.5) is 5.69 Å². The van der Waals surface area contributed by atoms with Crippen molar-refractivity contribution in [3.05, 3.63) is 111 Å². The van der Waals surface area contributed by atoms with E-state index in [1.54, 1.807) is 42.5 Å². The second-order valence-corrected chi connectivity index (χ2v) is 11.5. The van der Waals surface area contributed by atoms with Gasteiger partial charge in [-0.25, -0.2) is 13.8 Å². The molecule has 0 radical (unpaired) electrons. The summed E-state index contributed by atoms with van der Waals surface area (Å²) in [6, 6.07) is 21.2. The number of aromatic nitrogens is 1. The van der Waals surface area contributed by atoms with Crippen molar-refractivity contribution in [2.24, 2.45) is 5.10 Å². The summed E-state index contributed by atoms with van der Waals surface area (Å²) in [7, 11) is -4.03. The molecule has 196 valence electrons. The molecule has 4 aromatic rings. The molecular weight excluding hydrogens is 567 g/mol. The lowest BCUT2D eigenvalue weighted by molar-refractivity contribution is -0.119. The predicted molar refractivity (Wildman–Crippen MR) is 153 cm³/mol. The van der Waals surface area contributed by atoms with Gasteiger partial charge in [0.15, 0.2) is 0 Å². The number of amides is 1. The van der Waals surface area contributed by atoms with Crippen LogP contribution in [0.3, 0.4) is 0 Å². The Hall–Kier alpha value is -3.30. The van der Waals surface area contributed by atoms with Crippen molar-refractivity contribution in [2.75, 3.05) is 10.8 Å². The lowest BCUT2D eigenvalue weighted by atomic mass is 10.2. The highest BCUT2D eigenvalue weighted by molar-refractivity contribution is 7.92. The lowest BCUT2D eigenvalue weighted by Crippen LogP contribution is -2.39. The van der Waals surface area contributed by atoms with E-state index in [-0.39, 0.29) is 4.90 Å². The number of nitrogens with one attached hydrogen (secondary N) is 1. The van der Waals surface area contributed by atoms with Gasteiger partial charge in [-0.3, -0.25) is 9.10 Å². The SMILES string of the molecule is Cc1cc(/C=N\NC(=O)CN(c2ccc(Cl)cc2)S(=O)(=O)c2ccccc2)c(C)n1-c1ccc(Cl)cc1Cl. The van der Waals surface area contributed by atoms with Crippen LogP contribution in [0.15, 0.2) is 88.9 Å². The molecule has 0 unspecified atom stereocenters. The minimum absolute atomic E-state index is 0.0551. The molecule has 0 saturated heterocycles. The average molecular weight is 590 g/mol. The third-order valence-corrected chi connectivity index (χ3v) is 8.32. The van der Waals surface area contributed by atoms with Gasteiger partial charge in [0, 0.05) is 27.0 Å². The van der Waals surface area contributed by atoms with Gasteiger partial charge in [-0.15, -0.1) is 0 Å². The van der Waals surface area contributed by atoms with E-state index in [1.165, 1.54) is 30.5 Å². The van der Waals surface area contributed by atoms with Crippen LogP contribution in [0.5, 0.6) is 0 Å². The summed E-state index contributed by atoms with van der Waals surface area (Å²) >= 11 is 18.4. The number of hydrogen-bond acceptors (Lipinski definition) is 4. The second kappa shape index (κ2) is 11.6. The Labute approximate surface area is 236 Å².